The van der Waals surface area contributed by atoms with Gasteiger partial charge in [0.05, 0.1) is 13.2 Å². The van der Waals surface area contributed by atoms with E-state index in [9.17, 15) is 13.2 Å². The first-order chi connectivity index (χ1) is 12.2. The first-order valence-electron chi connectivity index (χ1n) is 7.69. The summed E-state index contributed by atoms with van der Waals surface area (Å²) in [6.07, 6.45) is -4.22. The molecular formula is C15H22F3N5O3. The Labute approximate surface area is 149 Å². The van der Waals surface area contributed by atoms with Gasteiger partial charge in [-0.25, -0.2) is 10.5 Å². The van der Waals surface area contributed by atoms with Crippen molar-refractivity contribution in [3.63, 3.8) is 0 Å². The molecule has 0 unspecified atom stereocenters. The van der Waals surface area contributed by atoms with E-state index in [-0.39, 0.29) is 36.9 Å². The Balaban J connectivity index is 2.22. The smallest absolute Gasteiger partial charge is 0.494 e. The first kappa shape index (κ1) is 21.4. The van der Waals surface area contributed by atoms with Crippen LogP contribution in [0.25, 0.3) is 0 Å². The lowest BCUT2D eigenvalue weighted by atomic mass is 10.3. The minimum absolute atomic E-state index is 0.00120. The number of nitrogens with zero attached hydrogens (tertiary/aromatic N) is 2. The van der Waals surface area contributed by atoms with Crippen LogP contribution in [0.4, 0.5) is 13.2 Å². The van der Waals surface area contributed by atoms with Crippen molar-refractivity contribution in [1.82, 2.24) is 5.48 Å². The second-order valence-electron chi connectivity index (χ2n) is 5.25. The van der Waals surface area contributed by atoms with E-state index in [0.717, 1.165) is 0 Å². The molecule has 0 aliphatic carbocycles. The Morgan fingerprint density at radius 3 is 2.31 bits per heavy atom. The number of guanidine groups is 2. The van der Waals surface area contributed by atoms with Gasteiger partial charge >= 0.3 is 6.36 Å². The average Bonchev–Trinajstić information content (AvgIpc) is 2.49. The first-order valence-corrected chi connectivity index (χ1v) is 7.69. The van der Waals surface area contributed by atoms with Crippen molar-refractivity contribution >= 4 is 11.9 Å². The highest BCUT2D eigenvalue weighted by Gasteiger charge is 2.30. The Morgan fingerprint density at radius 1 is 1.12 bits per heavy atom. The number of benzene rings is 1. The van der Waals surface area contributed by atoms with Crippen molar-refractivity contribution in [3.05, 3.63) is 24.3 Å². The maximum absolute atomic E-state index is 12.0. The maximum Gasteiger partial charge on any atom is 0.573 e. The molecule has 0 spiro atoms. The standard InChI is InChI=1S/C15H22F3N5O3/c1-10(2)21-13(19)22-14(20)23-25-9-3-8-24-11-4-6-12(7-5-11)26-15(16,17)18/h4-7,10H,3,8-9H2,1-2H3,(H5,19,20,21,22,23). The van der Waals surface area contributed by atoms with Crippen LogP contribution in [0.3, 0.4) is 0 Å². The van der Waals surface area contributed by atoms with E-state index in [0.29, 0.717) is 12.2 Å². The fourth-order valence-electron chi connectivity index (χ4n) is 1.62. The van der Waals surface area contributed by atoms with Crippen LogP contribution < -0.4 is 26.4 Å². The molecule has 1 aromatic rings. The molecule has 1 aromatic carbocycles. The van der Waals surface area contributed by atoms with Crippen LogP contribution in [0, 0.1) is 0 Å². The molecule has 0 aliphatic heterocycles. The quantitative estimate of drug-likeness (QED) is 0.276. The van der Waals surface area contributed by atoms with E-state index in [1.807, 2.05) is 13.8 Å². The number of nitrogens with two attached hydrogens (primary N) is 2. The maximum atomic E-state index is 12.0. The summed E-state index contributed by atoms with van der Waals surface area (Å²) in [6, 6.07) is 5.09. The van der Waals surface area contributed by atoms with Crippen LogP contribution in [0.5, 0.6) is 11.5 Å². The van der Waals surface area contributed by atoms with Crippen LogP contribution in [0.15, 0.2) is 34.3 Å². The number of alkyl halides is 3. The molecule has 0 amide bonds. The van der Waals surface area contributed by atoms with Gasteiger partial charge in [-0.2, -0.15) is 4.99 Å². The van der Waals surface area contributed by atoms with E-state index in [2.05, 4.69) is 20.2 Å². The topological polar surface area (TPSA) is 116 Å². The summed E-state index contributed by atoms with van der Waals surface area (Å²) in [7, 11) is 0. The number of ether oxygens (including phenoxy) is 2. The summed E-state index contributed by atoms with van der Waals surface area (Å²) in [5.41, 5.74) is 13.5. The molecule has 8 nitrogen and oxygen atoms in total. The summed E-state index contributed by atoms with van der Waals surface area (Å²) in [5, 5.41) is 0. The zero-order valence-electron chi connectivity index (χ0n) is 14.4. The second-order valence-corrected chi connectivity index (χ2v) is 5.25. The number of halogens is 3. The number of rotatable bonds is 8. The highest BCUT2D eigenvalue weighted by atomic mass is 19.4. The second kappa shape index (κ2) is 10.3. The molecule has 5 N–H and O–H groups in total. The average molecular weight is 377 g/mol. The molecule has 0 radical (unpaired) electrons. The SMILES string of the molecule is CC(C)N=C(N)N=C(N)NOCCCOc1ccc(OC(F)(F)F)cc1. The Hall–Kier alpha value is -2.69. The van der Waals surface area contributed by atoms with Gasteiger partial charge < -0.3 is 20.9 Å². The summed E-state index contributed by atoms with van der Waals surface area (Å²) >= 11 is 0. The molecule has 1 rings (SSSR count). The lowest BCUT2D eigenvalue weighted by molar-refractivity contribution is -0.274. The summed E-state index contributed by atoms with van der Waals surface area (Å²) in [6.45, 7) is 4.24. The summed E-state index contributed by atoms with van der Waals surface area (Å²) in [4.78, 5) is 12.8. The van der Waals surface area contributed by atoms with E-state index >= 15 is 0 Å². The molecule has 0 bridgehead atoms. The van der Waals surface area contributed by atoms with E-state index in [1.54, 1.807) is 0 Å². The van der Waals surface area contributed by atoms with Gasteiger partial charge in [0.1, 0.15) is 11.5 Å². The van der Waals surface area contributed by atoms with Crippen LogP contribution in [0.1, 0.15) is 20.3 Å². The van der Waals surface area contributed by atoms with Gasteiger partial charge in [-0.1, -0.05) is 0 Å². The van der Waals surface area contributed by atoms with Crippen molar-refractivity contribution in [2.75, 3.05) is 13.2 Å². The number of hydrogen-bond donors (Lipinski definition) is 3. The molecule has 0 saturated carbocycles. The highest BCUT2D eigenvalue weighted by molar-refractivity contribution is 5.92. The normalized spacial score (nSPS) is 13.0. The van der Waals surface area contributed by atoms with Gasteiger partial charge in [0.2, 0.25) is 11.9 Å². The van der Waals surface area contributed by atoms with Crippen molar-refractivity contribution in [2.24, 2.45) is 21.5 Å². The predicted octanol–water partition coefficient (Wildman–Crippen LogP) is 1.91. The third-order valence-electron chi connectivity index (χ3n) is 2.52. The highest BCUT2D eigenvalue weighted by Crippen LogP contribution is 2.24. The molecule has 0 aromatic heterocycles. The number of nitrogens with one attached hydrogen (secondary N) is 1. The summed E-state index contributed by atoms with van der Waals surface area (Å²) in [5.74, 6) is 0.0987. The summed E-state index contributed by atoms with van der Waals surface area (Å²) < 4.78 is 45.2. The minimum Gasteiger partial charge on any atom is -0.494 e. The minimum atomic E-state index is -4.72. The Kier molecular flexibility index (Phi) is 8.49. The van der Waals surface area contributed by atoms with Gasteiger partial charge in [0, 0.05) is 12.5 Å². The van der Waals surface area contributed by atoms with Crippen molar-refractivity contribution in [1.29, 1.82) is 0 Å². The van der Waals surface area contributed by atoms with E-state index in [4.69, 9.17) is 21.0 Å². The van der Waals surface area contributed by atoms with Gasteiger partial charge in [-0.05, 0) is 38.1 Å². The van der Waals surface area contributed by atoms with Gasteiger partial charge in [-0.15, -0.1) is 13.2 Å². The van der Waals surface area contributed by atoms with Gasteiger partial charge in [0.25, 0.3) is 0 Å². The molecule has 26 heavy (non-hydrogen) atoms. The van der Waals surface area contributed by atoms with Crippen molar-refractivity contribution in [2.45, 2.75) is 32.7 Å². The van der Waals surface area contributed by atoms with E-state index in [1.165, 1.54) is 24.3 Å². The molecule has 11 heteroatoms. The van der Waals surface area contributed by atoms with E-state index < -0.39 is 6.36 Å². The largest absolute Gasteiger partial charge is 0.573 e. The predicted molar refractivity (Wildman–Crippen MR) is 90.7 cm³/mol. The van der Waals surface area contributed by atoms with Crippen LogP contribution in [0.2, 0.25) is 0 Å². The third kappa shape index (κ3) is 10.2. The van der Waals surface area contributed by atoms with Crippen molar-refractivity contribution in [3.8, 4) is 11.5 Å². The molecule has 0 atom stereocenters. The number of hydrogen-bond acceptors (Lipinski definition) is 4. The Morgan fingerprint density at radius 2 is 1.73 bits per heavy atom. The van der Waals surface area contributed by atoms with Crippen LogP contribution in [-0.4, -0.2) is 37.5 Å². The zero-order valence-corrected chi connectivity index (χ0v) is 14.4. The molecular weight excluding hydrogens is 355 g/mol. The van der Waals surface area contributed by atoms with Gasteiger partial charge in [0.15, 0.2) is 0 Å². The molecule has 0 aliphatic rings. The van der Waals surface area contributed by atoms with Crippen molar-refractivity contribution < 1.29 is 27.5 Å². The zero-order chi connectivity index (χ0) is 19.6. The lowest BCUT2D eigenvalue weighted by Crippen LogP contribution is -2.34. The molecule has 0 saturated heterocycles. The molecule has 0 heterocycles. The van der Waals surface area contributed by atoms with Gasteiger partial charge in [-0.3, -0.25) is 4.84 Å². The van der Waals surface area contributed by atoms with Crippen LogP contribution >= 0.6 is 0 Å². The fourth-order valence-corrected chi connectivity index (χ4v) is 1.62. The van der Waals surface area contributed by atoms with Crippen LogP contribution in [-0.2, 0) is 4.84 Å². The Bertz CT molecular complexity index is 604. The lowest BCUT2D eigenvalue weighted by Gasteiger charge is -2.10. The number of hydroxylamine groups is 1. The fraction of sp³-hybridized carbons (Fsp3) is 0.467. The number of aliphatic imine (C=N–C) groups is 2. The monoisotopic (exact) mass is 377 g/mol. The molecule has 0 fully saturated rings. The third-order valence-corrected chi connectivity index (χ3v) is 2.52. The molecule has 146 valence electrons.